The normalized spacial score (nSPS) is 14.5. The van der Waals surface area contributed by atoms with Crippen LogP contribution in [0.2, 0.25) is 0 Å². The fourth-order valence-electron chi connectivity index (χ4n) is 3.12. The Hall–Kier alpha value is -3.45. The summed E-state index contributed by atoms with van der Waals surface area (Å²) in [6.45, 7) is 0.415. The monoisotopic (exact) mass is 407 g/mol. The predicted molar refractivity (Wildman–Crippen MR) is 106 cm³/mol. The lowest BCUT2D eigenvalue weighted by atomic mass is 10.1. The minimum absolute atomic E-state index is 0.0190. The topological polar surface area (TPSA) is 80.8 Å². The molecule has 1 aliphatic heterocycles. The van der Waals surface area contributed by atoms with Crippen molar-refractivity contribution >= 4 is 21.8 Å². The molecule has 2 amide bonds. The molecule has 0 fully saturated rings. The molecule has 0 aromatic heterocycles. The highest BCUT2D eigenvalue weighted by molar-refractivity contribution is 7.90. The van der Waals surface area contributed by atoms with Gasteiger partial charge in [-0.3, -0.25) is 9.59 Å². The van der Waals surface area contributed by atoms with E-state index in [0.717, 1.165) is 5.56 Å². The molecule has 3 aromatic carbocycles. The van der Waals surface area contributed by atoms with Crippen molar-refractivity contribution in [1.29, 1.82) is 0 Å². The highest BCUT2D eigenvalue weighted by Crippen LogP contribution is 2.30. The Labute approximate surface area is 168 Å². The summed E-state index contributed by atoms with van der Waals surface area (Å²) in [5.41, 5.74) is 1.63. The molecule has 4 rings (SSSR count). The van der Waals surface area contributed by atoms with Crippen LogP contribution in [0.4, 0.5) is 0 Å². The third-order valence-corrected chi connectivity index (χ3v) is 6.34. The summed E-state index contributed by atoms with van der Waals surface area (Å²) in [6.07, 6.45) is -0.210. The molecule has 0 unspecified atom stereocenters. The number of benzene rings is 3. The van der Waals surface area contributed by atoms with Crippen LogP contribution < -0.4 is 4.74 Å². The Morgan fingerprint density at radius 2 is 1.48 bits per heavy atom. The molecule has 146 valence electrons. The van der Waals surface area contributed by atoms with Crippen molar-refractivity contribution in [2.24, 2.45) is 0 Å². The van der Waals surface area contributed by atoms with Gasteiger partial charge >= 0.3 is 0 Å². The fraction of sp³-hybridized carbons (Fsp3) is 0.0909. The minimum Gasteiger partial charge on any atom is -0.489 e. The van der Waals surface area contributed by atoms with Gasteiger partial charge in [-0.2, -0.15) is 4.31 Å². The summed E-state index contributed by atoms with van der Waals surface area (Å²) in [4.78, 5) is 24.9. The lowest BCUT2D eigenvalue weighted by Gasteiger charge is -2.13. The average molecular weight is 407 g/mol. The highest BCUT2D eigenvalue weighted by atomic mass is 32.2. The van der Waals surface area contributed by atoms with E-state index >= 15 is 0 Å². The molecule has 0 atom stereocenters. The number of carbonyl (C=O) groups is 2. The van der Waals surface area contributed by atoms with E-state index in [1.165, 1.54) is 18.2 Å². The summed E-state index contributed by atoms with van der Waals surface area (Å²) < 4.78 is 31.2. The second-order valence-electron chi connectivity index (χ2n) is 6.56. The maximum Gasteiger partial charge on any atom is 0.276 e. The van der Waals surface area contributed by atoms with Crippen molar-refractivity contribution < 1.29 is 22.7 Å². The summed E-state index contributed by atoms with van der Waals surface area (Å²) >= 11 is 0. The van der Waals surface area contributed by atoms with Gasteiger partial charge in [0.1, 0.15) is 17.3 Å². The van der Waals surface area contributed by atoms with Gasteiger partial charge in [-0.25, -0.2) is 8.42 Å². The van der Waals surface area contributed by atoms with Gasteiger partial charge in [0.2, 0.25) is 5.91 Å². The number of ether oxygens (including phenoxy) is 1. The van der Waals surface area contributed by atoms with Crippen LogP contribution in [-0.4, -0.2) is 24.5 Å². The Balaban J connectivity index is 1.45. The van der Waals surface area contributed by atoms with Crippen molar-refractivity contribution in [2.45, 2.75) is 17.9 Å². The van der Waals surface area contributed by atoms with E-state index in [-0.39, 0.29) is 16.9 Å². The fourth-order valence-corrected chi connectivity index (χ4v) is 4.65. The van der Waals surface area contributed by atoms with Crippen LogP contribution in [0.1, 0.15) is 21.5 Å². The van der Waals surface area contributed by atoms with Gasteiger partial charge < -0.3 is 4.74 Å². The quantitative estimate of drug-likeness (QED) is 0.649. The Bertz CT molecular complexity index is 1170. The molecule has 0 spiro atoms. The molecule has 0 N–H and O–H groups in total. The van der Waals surface area contributed by atoms with E-state index in [0.29, 0.717) is 22.2 Å². The van der Waals surface area contributed by atoms with Gasteiger partial charge in [0, 0.05) is 0 Å². The van der Waals surface area contributed by atoms with Crippen molar-refractivity contribution in [2.75, 3.05) is 0 Å². The number of nitrogens with zero attached hydrogens (tertiary/aromatic N) is 1. The summed E-state index contributed by atoms with van der Waals surface area (Å²) in [5.74, 6) is -0.972. The molecule has 0 aliphatic carbocycles. The molecule has 7 heteroatoms. The summed E-state index contributed by atoms with van der Waals surface area (Å²) in [6, 6.07) is 22.3. The highest BCUT2D eigenvalue weighted by Gasteiger charge is 2.44. The first-order chi connectivity index (χ1) is 14.0. The van der Waals surface area contributed by atoms with Gasteiger partial charge in [0.15, 0.2) is 0 Å². The molecular formula is C22H17NO5S. The number of fused-ring (bicyclic) bond motifs is 1. The molecule has 1 aliphatic rings. The number of amides is 2. The first kappa shape index (κ1) is 18.9. The van der Waals surface area contributed by atoms with E-state index in [1.807, 2.05) is 30.3 Å². The van der Waals surface area contributed by atoms with E-state index < -0.39 is 21.8 Å². The van der Waals surface area contributed by atoms with Crippen molar-refractivity contribution in [3.63, 3.8) is 0 Å². The Morgan fingerprint density at radius 1 is 0.828 bits per heavy atom. The van der Waals surface area contributed by atoms with E-state index in [1.54, 1.807) is 30.3 Å². The largest absolute Gasteiger partial charge is 0.489 e. The molecule has 1 heterocycles. The molecule has 0 radical (unpaired) electrons. The number of sulfonamides is 1. The first-order valence-electron chi connectivity index (χ1n) is 8.94. The maximum atomic E-state index is 12.6. The molecule has 0 bridgehead atoms. The Kier molecular flexibility index (Phi) is 4.90. The third kappa shape index (κ3) is 3.64. The number of hydrogen-bond donors (Lipinski definition) is 0. The zero-order valence-corrected chi connectivity index (χ0v) is 16.1. The van der Waals surface area contributed by atoms with Crippen LogP contribution in [0, 0.1) is 0 Å². The van der Waals surface area contributed by atoms with Crippen LogP contribution in [0.15, 0.2) is 83.8 Å². The second kappa shape index (κ2) is 7.52. The minimum atomic E-state index is -4.15. The third-order valence-electron chi connectivity index (χ3n) is 4.57. The molecule has 29 heavy (non-hydrogen) atoms. The molecule has 3 aromatic rings. The second-order valence-corrected chi connectivity index (χ2v) is 8.31. The zero-order chi connectivity index (χ0) is 20.4. The zero-order valence-electron chi connectivity index (χ0n) is 15.3. The first-order valence-corrected chi connectivity index (χ1v) is 10.4. The van der Waals surface area contributed by atoms with Gasteiger partial charge in [-0.05, 0) is 35.4 Å². The van der Waals surface area contributed by atoms with Gasteiger partial charge in [-0.15, -0.1) is 0 Å². The van der Waals surface area contributed by atoms with E-state index in [4.69, 9.17) is 4.74 Å². The molecule has 0 saturated carbocycles. The number of rotatable bonds is 5. The number of hydrogen-bond acceptors (Lipinski definition) is 5. The SMILES string of the molecule is O=C(Cc1ccc(OCc2ccccc2)cc1)N1C(=O)c2ccccc2S1(=O)=O. The van der Waals surface area contributed by atoms with Crippen LogP contribution >= 0.6 is 0 Å². The van der Waals surface area contributed by atoms with Gasteiger partial charge in [0.05, 0.1) is 12.0 Å². The van der Waals surface area contributed by atoms with E-state index in [9.17, 15) is 18.0 Å². The molecular weight excluding hydrogens is 390 g/mol. The van der Waals surface area contributed by atoms with Gasteiger partial charge in [0.25, 0.3) is 15.9 Å². The standard InChI is InChI=1S/C22H17NO5S/c24-21(23-22(25)19-8-4-5-9-20(19)29(23,26)27)14-16-10-12-18(13-11-16)28-15-17-6-2-1-3-7-17/h1-13H,14-15H2. The van der Waals surface area contributed by atoms with Crippen LogP contribution in [0.25, 0.3) is 0 Å². The van der Waals surface area contributed by atoms with Crippen molar-refractivity contribution in [3.05, 3.63) is 95.6 Å². The summed E-state index contributed by atoms with van der Waals surface area (Å²) in [7, 11) is -4.15. The molecule has 6 nitrogen and oxygen atoms in total. The Morgan fingerprint density at radius 3 is 2.17 bits per heavy atom. The van der Waals surface area contributed by atoms with Crippen LogP contribution in [0.5, 0.6) is 5.75 Å². The lowest BCUT2D eigenvalue weighted by Crippen LogP contribution is -2.37. The lowest BCUT2D eigenvalue weighted by molar-refractivity contribution is -0.123. The predicted octanol–water partition coefficient (Wildman–Crippen LogP) is 3.18. The number of imide groups is 1. The summed E-state index contributed by atoms with van der Waals surface area (Å²) in [5, 5.41) is 0. The van der Waals surface area contributed by atoms with E-state index in [2.05, 4.69) is 0 Å². The average Bonchev–Trinajstić information content (AvgIpc) is 2.94. The molecule has 0 saturated heterocycles. The van der Waals surface area contributed by atoms with Crippen molar-refractivity contribution in [3.8, 4) is 5.75 Å². The van der Waals surface area contributed by atoms with Crippen LogP contribution in [-0.2, 0) is 27.8 Å². The maximum absolute atomic E-state index is 12.6. The van der Waals surface area contributed by atoms with Crippen LogP contribution in [0.3, 0.4) is 0 Å². The smallest absolute Gasteiger partial charge is 0.276 e. The number of carbonyl (C=O) groups excluding carboxylic acids is 2. The van der Waals surface area contributed by atoms with Crippen molar-refractivity contribution in [1.82, 2.24) is 4.31 Å². The van der Waals surface area contributed by atoms with Gasteiger partial charge in [-0.1, -0.05) is 54.6 Å².